The first-order valence-electron chi connectivity index (χ1n) is 9.00. The average Bonchev–Trinajstić information content (AvgIpc) is 2.71. The van der Waals surface area contributed by atoms with Crippen LogP contribution >= 0.6 is 0 Å². The molecule has 2 aromatic rings. The first-order valence-corrected chi connectivity index (χ1v) is 9.00. The van der Waals surface area contributed by atoms with E-state index in [1.54, 1.807) is 36.4 Å². The monoisotopic (exact) mass is 384 g/mol. The minimum atomic E-state index is -0.900. The number of carbonyl (C=O) groups excluding carboxylic acids is 3. The maximum Gasteiger partial charge on any atom is 0.328 e. The van der Waals surface area contributed by atoms with Crippen molar-refractivity contribution >= 4 is 23.5 Å². The van der Waals surface area contributed by atoms with Gasteiger partial charge in [0.25, 0.3) is 11.8 Å². The first-order chi connectivity index (χ1) is 13.5. The number of hydrogen-bond acceptors (Lipinski definition) is 5. The number of hydrogen-bond donors (Lipinski definition) is 2. The zero-order valence-corrected chi connectivity index (χ0v) is 15.9. The number of nitrogens with one attached hydrogen (secondary N) is 2. The van der Waals surface area contributed by atoms with Gasteiger partial charge in [-0.3, -0.25) is 9.59 Å². The van der Waals surface area contributed by atoms with Gasteiger partial charge in [-0.2, -0.15) is 0 Å². The zero-order valence-electron chi connectivity index (χ0n) is 15.9. The second-order valence-electron chi connectivity index (χ2n) is 6.10. The van der Waals surface area contributed by atoms with Gasteiger partial charge >= 0.3 is 5.97 Å². The highest BCUT2D eigenvalue weighted by atomic mass is 16.5. The minimum Gasteiger partial charge on any atom is -0.484 e. The largest absolute Gasteiger partial charge is 0.484 e. The lowest BCUT2D eigenvalue weighted by molar-refractivity contribution is -0.150. The number of para-hydroxylation sites is 1. The van der Waals surface area contributed by atoms with Crippen LogP contribution < -0.4 is 15.4 Å². The van der Waals surface area contributed by atoms with Crippen molar-refractivity contribution in [1.29, 1.82) is 0 Å². The summed E-state index contributed by atoms with van der Waals surface area (Å²) in [6, 6.07) is 15.4. The van der Waals surface area contributed by atoms with Gasteiger partial charge in [-0.15, -0.1) is 0 Å². The normalized spacial score (nSPS) is 11.2. The average molecular weight is 384 g/mol. The van der Waals surface area contributed by atoms with E-state index in [0.717, 1.165) is 12.0 Å². The van der Waals surface area contributed by atoms with E-state index in [9.17, 15) is 14.4 Å². The molecule has 7 heteroatoms. The summed E-state index contributed by atoms with van der Waals surface area (Å²) in [7, 11) is 0. The molecule has 2 amide bonds. The molecule has 2 rings (SSSR count). The van der Waals surface area contributed by atoms with E-state index >= 15 is 0 Å². The Hall–Kier alpha value is -3.35. The highest BCUT2D eigenvalue weighted by Gasteiger charge is 2.18. The highest BCUT2D eigenvalue weighted by molar-refractivity contribution is 5.93. The maximum absolute atomic E-state index is 11.9. The molecular weight excluding hydrogens is 360 g/mol. The van der Waals surface area contributed by atoms with Crippen LogP contribution in [-0.2, 0) is 25.5 Å². The molecule has 0 saturated heterocycles. The van der Waals surface area contributed by atoms with E-state index in [4.69, 9.17) is 9.47 Å². The number of rotatable bonds is 9. The quantitative estimate of drug-likeness (QED) is 0.647. The fourth-order valence-electron chi connectivity index (χ4n) is 2.29. The van der Waals surface area contributed by atoms with E-state index in [0.29, 0.717) is 11.4 Å². The molecule has 2 N–H and O–H groups in total. The molecule has 0 unspecified atom stereocenters. The molecule has 0 aliphatic rings. The van der Waals surface area contributed by atoms with Crippen molar-refractivity contribution in [1.82, 2.24) is 5.32 Å². The van der Waals surface area contributed by atoms with E-state index in [-0.39, 0.29) is 6.61 Å². The molecule has 0 heterocycles. The summed E-state index contributed by atoms with van der Waals surface area (Å²) in [4.78, 5) is 35.7. The number of benzene rings is 2. The van der Waals surface area contributed by atoms with Gasteiger partial charge in [-0.25, -0.2) is 4.79 Å². The second kappa shape index (κ2) is 10.7. The molecular formula is C21H24N2O5. The Morgan fingerprint density at radius 1 is 0.929 bits per heavy atom. The van der Waals surface area contributed by atoms with Gasteiger partial charge in [0.1, 0.15) is 11.8 Å². The third-order valence-electron chi connectivity index (χ3n) is 3.84. The number of esters is 1. The standard InChI is InChI=1S/C21H24N2O5/c1-3-16-9-11-17(12-10-16)23-20(25)14-28-21(26)15(2)22-19(24)13-27-18-7-5-4-6-8-18/h4-12,15H,3,13-14H2,1-2H3,(H,22,24)(H,23,25)/t15-/m0/s1. The highest BCUT2D eigenvalue weighted by Crippen LogP contribution is 2.10. The number of aryl methyl sites for hydroxylation is 1. The molecule has 0 fully saturated rings. The summed E-state index contributed by atoms with van der Waals surface area (Å²) in [5, 5.41) is 5.11. The van der Waals surface area contributed by atoms with Crippen LogP contribution in [0, 0.1) is 0 Å². The lowest BCUT2D eigenvalue weighted by Gasteiger charge is -2.14. The molecule has 0 saturated carbocycles. The molecule has 0 aliphatic heterocycles. The van der Waals surface area contributed by atoms with E-state index in [1.165, 1.54) is 6.92 Å². The van der Waals surface area contributed by atoms with Gasteiger partial charge in [0.05, 0.1) is 0 Å². The molecule has 28 heavy (non-hydrogen) atoms. The van der Waals surface area contributed by atoms with Gasteiger partial charge < -0.3 is 20.1 Å². The van der Waals surface area contributed by atoms with Crippen LogP contribution in [0.5, 0.6) is 5.75 Å². The second-order valence-corrected chi connectivity index (χ2v) is 6.10. The Kier molecular flexibility index (Phi) is 8.02. The minimum absolute atomic E-state index is 0.226. The number of ether oxygens (including phenoxy) is 2. The molecule has 7 nitrogen and oxygen atoms in total. The lowest BCUT2D eigenvalue weighted by atomic mass is 10.1. The number of amides is 2. The molecule has 148 valence electrons. The van der Waals surface area contributed by atoms with E-state index in [2.05, 4.69) is 10.6 Å². The van der Waals surface area contributed by atoms with Crippen LogP contribution in [0.4, 0.5) is 5.69 Å². The molecule has 0 aliphatic carbocycles. The Morgan fingerprint density at radius 2 is 1.61 bits per heavy atom. The summed E-state index contributed by atoms with van der Waals surface area (Å²) in [6.07, 6.45) is 0.909. The topological polar surface area (TPSA) is 93.7 Å². The predicted octanol–water partition coefficient (Wildman–Crippen LogP) is 2.31. The maximum atomic E-state index is 11.9. The van der Waals surface area contributed by atoms with Crippen molar-refractivity contribution in [3.63, 3.8) is 0 Å². The van der Waals surface area contributed by atoms with Crippen molar-refractivity contribution in [3.8, 4) is 5.75 Å². The first kappa shape index (κ1) is 21.0. The molecule has 0 spiro atoms. The van der Waals surface area contributed by atoms with Gasteiger partial charge in [0.2, 0.25) is 0 Å². The van der Waals surface area contributed by atoms with Crippen LogP contribution in [-0.4, -0.2) is 37.0 Å². The molecule has 1 atom stereocenters. The fraction of sp³-hybridized carbons (Fsp3) is 0.286. The van der Waals surface area contributed by atoms with E-state index in [1.807, 2.05) is 25.1 Å². The van der Waals surface area contributed by atoms with Crippen LogP contribution in [0.25, 0.3) is 0 Å². The van der Waals surface area contributed by atoms with Crippen molar-refractivity contribution in [2.24, 2.45) is 0 Å². The third kappa shape index (κ3) is 7.11. The SMILES string of the molecule is CCc1ccc(NC(=O)COC(=O)[C@H](C)NC(=O)COc2ccccc2)cc1. The van der Waals surface area contributed by atoms with Gasteiger partial charge in [0, 0.05) is 5.69 Å². The van der Waals surface area contributed by atoms with Crippen LogP contribution in [0.15, 0.2) is 54.6 Å². The Balaban J connectivity index is 1.69. The van der Waals surface area contributed by atoms with Gasteiger partial charge in [-0.05, 0) is 43.2 Å². The smallest absolute Gasteiger partial charge is 0.328 e. The van der Waals surface area contributed by atoms with Crippen molar-refractivity contribution in [2.45, 2.75) is 26.3 Å². The predicted molar refractivity (Wildman–Crippen MR) is 105 cm³/mol. The molecule has 0 radical (unpaired) electrons. The van der Waals surface area contributed by atoms with Crippen molar-refractivity contribution < 1.29 is 23.9 Å². The van der Waals surface area contributed by atoms with Crippen LogP contribution in [0.2, 0.25) is 0 Å². The molecule has 2 aromatic carbocycles. The van der Waals surface area contributed by atoms with Crippen molar-refractivity contribution in [3.05, 3.63) is 60.2 Å². The Labute approximate surface area is 164 Å². The fourth-order valence-corrected chi connectivity index (χ4v) is 2.29. The summed E-state index contributed by atoms with van der Waals surface area (Å²) < 4.78 is 10.2. The molecule has 0 aromatic heterocycles. The third-order valence-corrected chi connectivity index (χ3v) is 3.84. The van der Waals surface area contributed by atoms with Crippen LogP contribution in [0.3, 0.4) is 0 Å². The van der Waals surface area contributed by atoms with E-state index < -0.39 is 30.4 Å². The summed E-state index contributed by atoms with van der Waals surface area (Å²) in [6.45, 7) is 2.86. The lowest BCUT2D eigenvalue weighted by Crippen LogP contribution is -2.42. The Bertz CT molecular complexity index is 790. The summed E-state index contributed by atoms with van der Waals surface area (Å²) >= 11 is 0. The zero-order chi connectivity index (χ0) is 20.4. The van der Waals surface area contributed by atoms with Crippen LogP contribution in [0.1, 0.15) is 19.4 Å². The number of carbonyl (C=O) groups is 3. The molecule has 0 bridgehead atoms. The van der Waals surface area contributed by atoms with Crippen molar-refractivity contribution in [2.75, 3.05) is 18.5 Å². The Morgan fingerprint density at radius 3 is 2.25 bits per heavy atom. The number of anilines is 1. The van der Waals surface area contributed by atoms with Gasteiger partial charge in [0.15, 0.2) is 13.2 Å². The summed E-state index contributed by atoms with van der Waals surface area (Å²) in [5.41, 5.74) is 1.78. The summed E-state index contributed by atoms with van der Waals surface area (Å²) in [5.74, 6) is -1.07. The van der Waals surface area contributed by atoms with Gasteiger partial charge in [-0.1, -0.05) is 37.3 Å².